The lowest BCUT2D eigenvalue weighted by atomic mass is 9.94. The van der Waals surface area contributed by atoms with Gasteiger partial charge in [0.25, 0.3) is 0 Å². The second kappa shape index (κ2) is 10.1. The van der Waals surface area contributed by atoms with Crippen molar-refractivity contribution in [1.82, 2.24) is 0 Å². The van der Waals surface area contributed by atoms with Crippen LogP contribution in [0.4, 0.5) is 0 Å². The van der Waals surface area contributed by atoms with Gasteiger partial charge in [0.15, 0.2) is 5.78 Å². The fourth-order valence-corrected chi connectivity index (χ4v) is 2.46. The highest BCUT2D eigenvalue weighted by atomic mass is 16.5. The van der Waals surface area contributed by atoms with Crippen molar-refractivity contribution < 1.29 is 39.9 Å². The number of hydrogen-bond acceptors (Lipinski definition) is 8. The van der Waals surface area contributed by atoms with E-state index in [4.69, 9.17) is 4.74 Å². The number of rotatable bonds is 9. The van der Waals surface area contributed by atoms with E-state index in [0.717, 1.165) is 0 Å². The monoisotopic (exact) mass is 390 g/mol. The Morgan fingerprint density at radius 1 is 0.714 bits per heavy atom. The van der Waals surface area contributed by atoms with Crippen LogP contribution in [0.3, 0.4) is 0 Å². The molecule has 150 valence electrons. The first-order chi connectivity index (χ1) is 13.3. The second-order valence-corrected chi connectivity index (χ2v) is 6.18. The number of esters is 1. The van der Waals surface area contributed by atoms with Crippen LogP contribution in [0.1, 0.15) is 20.7 Å². The molecule has 0 radical (unpaired) electrons. The molecule has 2 aromatic rings. The van der Waals surface area contributed by atoms with E-state index in [1.807, 2.05) is 0 Å². The Morgan fingerprint density at radius 3 is 1.75 bits per heavy atom. The number of benzene rings is 2. The Balaban J connectivity index is 1.91. The van der Waals surface area contributed by atoms with Gasteiger partial charge in [-0.05, 0) is 12.1 Å². The minimum atomic E-state index is -2.07. The molecule has 0 bridgehead atoms. The smallest absolute Gasteiger partial charge is 0.338 e. The normalized spacial score (nSPS) is 16.5. The molecule has 0 heterocycles. The second-order valence-electron chi connectivity index (χ2n) is 6.18. The Morgan fingerprint density at radius 2 is 1.21 bits per heavy atom. The highest BCUT2D eigenvalue weighted by Crippen LogP contribution is 2.14. The number of aliphatic hydroxyl groups is 5. The molecular formula is C20H22O8. The van der Waals surface area contributed by atoms with Gasteiger partial charge in [-0.2, -0.15) is 0 Å². The predicted molar refractivity (Wildman–Crippen MR) is 97.5 cm³/mol. The van der Waals surface area contributed by atoms with Gasteiger partial charge in [0.2, 0.25) is 0 Å². The summed E-state index contributed by atoms with van der Waals surface area (Å²) >= 11 is 0. The summed E-state index contributed by atoms with van der Waals surface area (Å²) in [5.41, 5.74) is 0.335. The molecule has 0 aliphatic carbocycles. The number of hydrogen-bond donors (Lipinski definition) is 5. The molecule has 1 unspecified atom stereocenters. The molecule has 0 amide bonds. The first-order valence-electron chi connectivity index (χ1n) is 8.54. The van der Waals surface area contributed by atoms with E-state index in [0.29, 0.717) is 0 Å². The summed E-state index contributed by atoms with van der Waals surface area (Å²) in [5, 5.41) is 49.8. The fraction of sp³-hybridized carbons (Fsp3) is 0.300. The van der Waals surface area contributed by atoms with Crippen molar-refractivity contribution >= 4 is 11.8 Å². The van der Waals surface area contributed by atoms with Crippen LogP contribution in [-0.2, 0) is 4.74 Å². The minimum absolute atomic E-state index is 0.105. The topological polar surface area (TPSA) is 145 Å². The zero-order chi connectivity index (χ0) is 20.7. The number of carbonyl (C=O) groups is 2. The highest BCUT2D eigenvalue weighted by Gasteiger charge is 2.37. The Kier molecular flexibility index (Phi) is 7.80. The highest BCUT2D eigenvalue weighted by molar-refractivity contribution is 5.99. The van der Waals surface area contributed by atoms with Crippen LogP contribution >= 0.6 is 0 Å². The van der Waals surface area contributed by atoms with Crippen LogP contribution < -0.4 is 0 Å². The van der Waals surface area contributed by atoms with Crippen LogP contribution in [0, 0.1) is 0 Å². The van der Waals surface area contributed by atoms with Crippen molar-refractivity contribution in [2.75, 3.05) is 6.61 Å². The van der Waals surface area contributed by atoms with Gasteiger partial charge >= 0.3 is 5.97 Å². The predicted octanol–water partition coefficient (Wildman–Crippen LogP) is -0.469. The molecule has 0 aromatic heterocycles. The maximum atomic E-state index is 12.1. The van der Waals surface area contributed by atoms with Gasteiger partial charge in [-0.1, -0.05) is 48.5 Å². The lowest BCUT2D eigenvalue weighted by Crippen LogP contribution is -2.52. The van der Waals surface area contributed by atoms with Gasteiger partial charge in [0.1, 0.15) is 37.1 Å². The molecule has 0 fully saturated rings. The van der Waals surface area contributed by atoms with E-state index in [1.54, 1.807) is 36.4 Å². The lowest BCUT2D eigenvalue weighted by Gasteiger charge is -2.28. The average Bonchev–Trinajstić information content (AvgIpc) is 2.75. The third kappa shape index (κ3) is 5.44. The lowest BCUT2D eigenvalue weighted by molar-refractivity contribution is -0.134. The molecule has 5 atom stereocenters. The first-order valence-corrected chi connectivity index (χ1v) is 8.54. The standard InChI is InChI=1S/C20H22O8/c21-14(11-28-20(27)13-9-5-2-6-10-13)16(23)18(25)19(26)17(24)15(22)12-7-3-1-4-8-12/h1-10,14,16-19,21,23-26H,11H2/t14-,16-,17?,18+,19+/m1/s1. The number of Topliss-reactive ketones (excluding diaryl/α,β-unsaturated/α-hetero) is 1. The van der Waals surface area contributed by atoms with Crippen LogP contribution in [0.5, 0.6) is 0 Å². The van der Waals surface area contributed by atoms with Crippen molar-refractivity contribution in [2.45, 2.75) is 30.5 Å². The molecule has 8 nitrogen and oxygen atoms in total. The van der Waals surface area contributed by atoms with Crippen molar-refractivity contribution in [1.29, 1.82) is 0 Å². The summed E-state index contributed by atoms with van der Waals surface area (Å²) in [4.78, 5) is 23.9. The SMILES string of the molecule is O=C(OC[C@@H](O)[C@@H](O)[C@H](O)[C@@H](O)C(O)C(=O)c1ccccc1)c1ccccc1. The molecule has 5 N–H and O–H groups in total. The van der Waals surface area contributed by atoms with Crippen molar-refractivity contribution in [3.63, 3.8) is 0 Å². The first kappa shape index (κ1) is 21.7. The Labute approximate surface area is 161 Å². The summed E-state index contributed by atoms with van der Waals surface area (Å²) < 4.78 is 4.85. The molecule has 0 saturated heterocycles. The molecule has 8 heteroatoms. The van der Waals surface area contributed by atoms with Gasteiger partial charge < -0.3 is 30.3 Å². The van der Waals surface area contributed by atoms with Crippen LogP contribution in [0.2, 0.25) is 0 Å². The van der Waals surface area contributed by atoms with E-state index >= 15 is 0 Å². The third-order valence-electron chi connectivity index (χ3n) is 4.14. The van der Waals surface area contributed by atoms with Crippen LogP contribution in [-0.4, -0.2) is 74.4 Å². The van der Waals surface area contributed by atoms with E-state index in [1.165, 1.54) is 24.3 Å². The minimum Gasteiger partial charge on any atom is -0.459 e. The largest absolute Gasteiger partial charge is 0.459 e. The Hall–Kier alpha value is -2.62. The summed E-state index contributed by atoms with van der Waals surface area (Å²) in [6.45, 7) is -0.665. The van der Waals surface area contributed by atoms with E-state index < -0.39 is 48.9 Å². The van der Waals surface area contributed by atoms with Gasteiger partial charge in [0.05, 0.1) is 5.56 Å². The van der Waals surface area contributed by atoms with Crippen LogP contribution in [0.15, 0.2) is 60.7 Å². The van der Waals surface area contributed by atoms with Gasteiger partial charge in [-0.3, -0.25) is 4.79 Å². The molecule has 0 aliphatic heterocycles. The molecule has 2 aromatic carbocycles. The van der Waals surface area contributed by atoms with Crippen molar-refractivity contribution in [3.8, 4) is 0 Å². The average molecular weight is 390 g/mol. The van der Waals surface area contributed by atoms with Gasteiger partial charge in [-0.25, -0.2) is 4.79 Å². The molecule has 0 saturated carbocycles. The summed E-state index contributed by atoms with van der Waals surface area (Å²) in [6, 6.07) is 15.5. The quantitative estimate of drug-likeness (QED) is 0.285. The van der Waals surface area contributed by atoms with E-state index in [9.17, 15) is 35.1 Å². The molecule has 2 rings (SSSR count). The third-order valence-corrected chi connectivity index (χ3v) is 4.14. The number of ketones is 1. The summed E-state index contributed by atoms with van der Waals surface area (Å²) in [6.07, 6.45) is -9.88. The number of ether oxygens (including phenoxy) is 1. The van der Waals surface area contributed by atoms with Crippen LogP contribution in [0.25, 0.3) is 0 Å². The molecule has 28 heavy (non-hydrogen) atoms. The molecule has 0 aliphatic rings. The van der Waals surface area contributed by atoms with E-state index in [-0.39, 0.29) is 11.1 Å². The van der Waals surface area contributed by atoms with Crippen molar-refractivity contribution in [2.24, 2.45) is 0 Å². The summed E-state index contributed by atoms with van der Waals surface area (Å²) in [7, 11) is 0. The van der Waals surface area contributed by atoms with E-state index in [2.05, 4.69) is 0 Å². The number of carbonyl (C=O) groups excluding carboxylic acids is 2. The van der Waals surface area contributed by atoms with Crippen molar-refractivity contribution in [3.05, 3.63) is 71.8 Å². The zero-order valence-corrected chi connectivity index (χ0v) is 14.8. The number of aliphatic hydroxyl groups excluding tert-OH is 5. The van der Waals surface area contributed by atoms with Gasteiger partial charge in [0, 0.05) is 5.56 Å². The zero-order valence-electron chi connectivity index (χ0n) is 14.8. The fourth-order valence-electron chi connectivity index (χ4n) is 2.46. The molecular weight excluding hydrogens is 368 g/mol. The van der Waals surface area contributed by atoms with Gasteiger partial charge in [-0.15, -0.1) is 0 Å². The summed E-state index contributed by atoms with van der Waals surface area (Å²) in [5.74, 6) is -1.61. The maximum absolute atomic E-state index is 12.1. The molecule has 0 spiro atoms. The Bertz CT molecular complexity index is 764. The maximum Gasteiger partial charge on any atom is 0.338 e.